The third kappa shape index (κ3) is 5.48. The number of anilines is 6. The lowest BCUT2D eigenvalue weighted by atomic mass is 9.33. The summed E-state index contributed by atoms with van der Waals surface area (Å²) in [6, 6.07) is 39.5. The molecule has 0 fully saturated rings. The Morgan fingerprint density at radius 2 is 1.12 bits per heavy atom. The molecule has 4 aliphatic rings. The zero-order valence-corrected chi connectivity index (χ0v) is 39.9. The molecule has 4 nitrogen and oxygen atoms in total. The van der Waals surface area contributed by atoms with Crippen molar-refractivity contribution in [1.82, 2.24) is 0 Å². The third-order valence-corrected chi connectivity index (χ3v) is 16.4. The van der Waals surface area contributed by atoms with Crippen LogP contribution in [0.3, 0.4) is 0 Å². The molecule has 8 aromatic rings. The first kappa shape index (κ1) is 39.9. The quantitative estimate of drug-likeness (QED) is 0.162. The van der Waals surface area contributed by atoms with Crippen LogP contribution in [0.5, 0.6) is 0 Å². The third-order valence-electron chi connectivity index (χ3n) is 16.4. The number of rotatable bonds is 2. The lowest BCUT2D eigenvalue weighted by molar-refractivity contribution is 0.332. The highest BCUT2D eigenvalue weighted by molar-refractivity contribution is 7.01. The first-order valence-corrected chi connectivity index (χ1v) is 23.8. The first-order valence-electron chi connectivity index (χ1n) is 23.8. The second-order valence-electron chi connectivity index (χ2n) is 23.6. The molecule has 5 heteroatoms. The summed E-state index contributed by atoms with van der Waals surface area (Å²) in [7, 11) is 0. The molecule has 0 spiro atoms. The Labute approximate surface area is 379 Å². The summed E-state index contributed by atoms with van der Waals surface area (Å²) in [5.41, 5.74) is 20.9. The molecule has 0 amide bonds. The molecular formula is C59H61BN2O2. The summed E-state index contributed by atoms with van der Waals surface area (Å²) in [5.74, 6) is 0.940. The molecular weight excluding hydrogens is 779 g/mol. The number of benzene rings is 6. The van der Waals surface area contributed by atoms with Crippen molar-refractivity contribution in [2.75, 3.05) is 9.80 Å². The van der Waals surface area contributed by atoms with Crippen LogP contribution in [-0.2, 0) is 27.1 Å². The number of aryl methyl sites for hydroxylation is 1. The fourth-order valence-electron chi connectivity index (χ4n) is 12.3. The van der Waals surface area contributed by atoms with Crippen LogP contribution in [0.1, 0.15) is 135 Å². The zero-order valence-electron chi connectivity index (χ0n) is 39.9. The zero-order chi connectivity index (χ0) is 44.6. The van der Waals surface area contributed by atoms with E-state index < -0.39 is 0 Å². The van der Waals surface area contributed by atoms with Crippen molar-refractivity contribution >= 4 is 90.3 Å². The van der Waals surface area contributed by atoms with Crippen molar-refractivity contribution in [2.24, 2.45) is 0 Å². The maximum Gasteiger partial charge on any atom is 0.257 e. The highest BCUT2D eigenvalue weighted by Gasteiger charge is 2.49. The summed E-state index contributed by atoms with van der Waals surface area (Å²) >= 11 is 0. The van der Waals surface area contributed by atoms with Crippen LogP contribution in [0.25, 0.3) is 32.9 Å². The smallest absolute Gasteiger partial charge is 0.257 e. The lowest BCUT2D eigenvalue weighted by Gasteiger charge is -2.44. The van der Waals surface area contributed by atoms with Gasteiger partial charge in [0.2, 0.25) is 5.88 Å². The van der Waals surface area contributed by atoms with Gasteiger partial charge in [-0.3, -0.25) is 4.90 Å². The second-order valence-corrected chi connectivity index (χ2v) is 23.6. The van der Waals surface area contributed by atoms with Crippen molar-refractivity contribution in [3.63, 3.8) is 0 Å². The Balaban J connectivity index is 1.22. The molecule has 0 saturated heterocycles. The van der Waals surface area contributed by atoms with Gasteiger partial charge in [-0.05, 0) is 159 Å². The molecule has 0 N–H and O–H groups in total. The van der Waals surface area contributed by atoms with Crippen molar-refractivity contribution < 1.29 is 8.83 Å². The van der Waals surface area contributed by atoms with E-state index in [4.69, 9.17) is 8.83 Å². The van der Waals surface area contributed by atoms with E-state index in [-0.39, 0.29) is 33.8 Å². The Morgan fingerprint density at radius 1 is 0.500 bits per heavy atom. The van der Waals surface area contributed by atoms with Gasteiger partial charge in [0.1, 0.15) is 11.2 Å². The summed E-state index contributed by atoms with van der Waals surface area (Å²) in [6.45, 7) is 28.6. The standard InChI is InChI=1S/C59H61BN2O2/c1-34-28-47-52-48(29-34)62(46-18-15-17-38-37-16-13-14-19-49(37)63-53(38)46)45-23-20-35(55(2,3)4)30-44(45)60(52)51-39-32-42-43(59(11,12)27-26-58(42,9)10)33-50(39)64-54(51)61(47)36-21-22-40-41(31-36)57(7,8)25-24-56(40,5)6/h13-23,28-33H,24-27H2,1-12H3. The number of fused-ring (bicyclic) bond motifs is 11. The molecule has 64 heavy (non-hydrogen) atoms. The van der Waals surface area contributed by atoms with Gasteiger partial charge in [-0.25, -0.2) is 0 Å². The van der Waals surface area contributed by atoms with Gasteiger partial charge < -0.3 is 13.7 Å². The minimum atomic E-state index is -0.0766. The molecule has 0 bridgehead atoms. The number of nitrogens with zero attached hydrogens (tertiary/aromatic N) is 2. The van der Waals surface area contributed by atoms with E-state index in [0.29, 0.717) is 0 Å². The average Bonchev–Trinajstić information content (AvgIpc) is 3.81. The van der Waals surface area contributed by atoms with Gasteiger partial charge in [-0.15, -0.1) is 0 Å². The van der Waals surface area contributed by atoms with Gasteiger partial charge in [-0.2, -0.15) is 0 Å². The van der Waals surface area contributed by atoms with Gasteiger partial charge in [0.05, 0.1) is 5.69 Å². The minimum Gasteiger partial charge on any atom is -0.454 e. The first-order chi connectivity index (χ1) is 30.2. The maximum atomic E-state index is 7.53. The number of hydrogen-bond acceptors (Lipinski definition) is 4. The highest BCUT2D eigenvalue weighted by Crippen LogP contribution is 2.53. The summed E-state index contributed by atoms with van der Waals surface area (Å²) in [5, 5.41) is 3.49. The minimum absolute atomic E-state index is 0.0422. The Hall–Kier alpha value is -5.68. The average molecular weight is 841 g/mol. The number of hydrogen-bond donors (Lipinski definition) is 0. The summed E-state index contributed by atoms with van der Waals surface area (Å²) in [6.07, 6.45) is 4.64. The molecule has 2 aromatic heterocycles. The van der Waals surface area contributed by atoms with Crippen molar-refractivity contribution in [3.8, 4) is 0 Å². The monoisotopic (exact) mass is 840 g/mol. The Morgan fingerprint density at radius 3 is 1.83 bits per heavy atom. The molecule has 0 radical (unpaired) electrons. The molecule has 2 aliphatic heterocycles. The van der Waals surface area contributed by atoms with Crippen LogP contribution in [-0.4, -0.2) is 6.71 Å². The molecule has 2 aliphatic carbocycles. The van der Waals surface area contributed by atoms with E-state index in [2.05, 4.69) is 196 Å². The van der Waals surface area contributed by atoms with Gasteiger partial charge >= 0.3 is 0 Å². The van der Waals surface area contributed by atoms with Crippen LogP contribution in [0.15, 0.2) is 112 Å². The topological polar surface area (TPSA) is 32.8 Å². The second kappa shape index (κ2) is 12.8. The van der Waals surface area contributed by atoms with Crippen molar-refractivity contribution in [3.05, 3.63) is 137 Å². The molecule has 0 saturated carbocycles. The maximum absolute atomic E-state index is 7.53. The Kier molecular flexibility index (Phi) is 7.96. The fraction of sp³-hybridized carbons (Fsp3) is 0.356. The number of furan rings is 2. The van der Waals surface area contributed by atoms with Crippen LogP contribution < -0.4 is 26.2 Å². The summed E-state index contributed by atoms with van der Waals surface area (Å²) < 4.78 is 14.4. The van der Waals surface area contributed by atoms with E-state index in [1.807, 2.05) is 0 Å². The van der Waals surface area contributed by atoms with E-state index >= 15 is 0 Å². The molecule has 4 heterocycles. The van der Waals surface area contributed by atoms with Crippen molar-refractivity contribution in [2.45, 2.75) is 136 Å². The SMILES string of the molecule is Cc1cc2c3c(c1)N(c1cccc4c1oc1ccccc14)c1ccc(C(C)(C)C)cc1B3c1c(oc3cc4c(cc13)C(C)(C)CCC4(C)C)N2c1ccc2c(c1)C(C)(C)CCC2(C)C. The van der Waals surface area contributed by atoms with Gasteiger partial charge in [-0.1, -0.05) is 125 Å². The van der Waals surface area contributed by atoms with E-state index in [1.165, 1.54) is 78.6 Å². The van der Waals surface area contributed by atoms with Crippen LogP contribution >= 0.6 is 0 Å². The predicted molar refractivity (Wildman–Crippen MR) is 272 cm³/mol. The fourth-order valence-corrected chi connectivity index (χ4v) is 12.3. The van der Waals surface area contributed by atoms with Crippen LogP contribution in [0.4, 0.5) is 34.3 Å². The van der Waals surface area contributed by atoms with E-state index in [9.17, 15) is 0 Å². The summed E-state index contributed by atoms with van der Waals surface area (Å²) in [4.78, 5) is 5.02. The molecule has 0 atom stereocenters. The molecule has 0 unspecified atom stereocenters. The van der Waals surface area contributed by atoms with Gasteiger partial charge in [0, 0.05) is 44.4 Å². The van der Waals surface area contributed by atoms with Crippen LogP contribution in [0.2, 0.25) is 0 Å². The highest BCUT2D eigenvalue weighted by atomic mass is 16.4. The van der Waals surface area contributed by atoms with E-state index in [0.717, 1.165) is 64.0 Å². The molecule has 6 aromatic carbocycles. The van der Waals surface area contributed by atoms with Gasteiger partial charge in [0.15, 0.2) is 5.58 Å². The number of para-hydroxylation sites is 2. The predicted octanol–water partition coefficient (Wildman–Crippen LogP) is 14.7. The Bertz CT molecular complexity index is 3310. The molecule has 12 rings (SSSR count). The van der Waals surface area contributed by atoms with E-state index in [1.54, 1.807) is 0 Å². The molecule has 322 valence electrons. The largest absolute Gasteiger partial charge is 0.454 e. The normalized spacial score (nSPS) is 18.8. The van der Waals surface area contributed by atoms with Crippen molar-refractivity contribution in [1.29, 1.82) is 0 Å². The lowest BCUT2D eigenvalue weighted by Crippen LogP contribution is -2.61. The van der Waals surface area contributed by atoms with Gasteiger partial charge in [0.25, 0.3) is 6.71 Å². The van der Waals surface area contributed by atoms with Crippen LogP contribution in [0, 0.1) is 6.92 Å².